The number of ether oxygens (including phenoxy) is 1. The molecule has 1 atom stereocenters. The van der Waals surface area contributed by atoms with Crippen LogP contribution in [-0.2, 0) is 9.53 Å². The fourth-order valence-corrected chi connectivity index (χ4v) is 2.29. The zero-order valence-electron chi connectivity index (χ0n) is 10.8. The number of primary amides is 1. The van der Waals surface area contributed by atoms with E-state index in [-0.39, 0.29) is 5.56 Å². The molecule has 4 nitrogen and oxygen atoms in total. The average molecular weight is 324 g/mol. The molecule has 0 aliphatic carbocycles. The minimum Gasteiger partial charge on any atom is -0.444 e. The number of carbonyl (C=O) groups excluding carboxylic acids is 2. The monoisotopic (exact) mass is 323 g/mol. The summed E-state index contributed by atoms with van der Waals surface area (Å²) in [7, 11) is 0. The molecule has 1 amide bonds. The normalized spacial score (nSPS) is 11.7. The van der Waals surface area contributed by atoms with Crippen LogP contribution in [0.2, 0.25) is 10.0 Å². The first-order valence-electron chi connectivity index (χ1n) is 5.98. The Hall–Kier alpha value is -2.04. The highest BCUT2D eigenvalue weighted by Crippen LogP contribution is 2.23. The standard InChI is InChI=1S/C15H11Cl2NO3/c16-11-6-10(7-12(17)8-11)15(20)21-13(14(18)19)9-4-2-1-3-5-9/h1-8,13H,(H2,18,19). The number of carbonyl (C=O) groups is 2. The summed E-state index contributed by atoms with van der Waals surface area (Å²) >= 11 is 11.7. The zero-order chi connectivity index (χ0) is 15.4. The van der Waals surface area contributed by atoms with Crippen molar-refractivity contribution in [1.82, 2.24) is 0 Å². The van der Waals surface area contributed by atoms with E-state index >= 15 is 0 Å². The van der Waals surface area contributed by atoms with Crippen LogP contribution in [0.4, 0.5) is 0 Å². The van der Waals surface area contributed by atoms with Gasteiger partial charge in [-0.2, -0.15) is 0 Å². The predicted octanol–water partition coefficient (Wildman–Crippen LogP) is 3.38. The summed E-state index contributed by atoms with van der Waals surface area (Å²) in [6, 6.07) is 12.8. The van der Waals surface area contributed by atoms with E-state index in [1.165, 1.54) is 18.2 Å². The molecule has 6 heteroatoms. The Kier molecular flexibility index (Phi) is 4.83. The molecule has 0 aliphatic heterocycles. The topological polar surface area (TPSA) is 69.4 Å². The SMILES string of the molecule is NC(=O)C(OC(=O)c1cc(Cl)cc(Cl)c1)c1ccccc1. The van der Waals surface area contributed by atoms with Crippen LogP contribution in [0.5, 0.6) is 0 Å². The lowest BCUT2D eigenvalue weighted by molar-refractivity contribution is -0.127. The summed E-state index contributed by atoms with van der Waals surface area (Å²) in [5, 5.41) is 0.592. The molecular formula is C15H11Cl2NO3. The Balaban J connectivity index is 2.25. The van der Waals surface area contributed by atoms with E-state index in [0.717, 1.165) is 0 Å². The quantitative estimate of drug-likeness (QED) is 0.877. The molecule has 0 saturated heterocycles. The minimum absolute atomic E-state index is 0.148. The Bertz CT molecular complexity index is 654. The lowest BCUT2D eigenvalue weighted by atomic mass is 10.1. The van der Waals surface area contributed by atoms with Gasteiger partial charge in [-0.05, 0) is 18.2 Å². The van der Waals surface area contributed by atoms with E-state index in [1.807, 2.05) is 0 Å². The van der Waals surface area contributed by atoms with Gasteiger partial charge in [-0.1, -0.05) is 53.5 Å². The predicted molar refractivity (Wildman–Crippen MR) is 80.3 cm³/mol. The second-order valence-electron chi connectivity index (χ2n) is 4.26. The molecule has 0 fully saturated rings. The third-order valence-corrected chi connectivity index (χ3v) is 3.12. The third kappa shape index (κ3) is 3.97. The Labute approximate surface area is 131 Å². The number of nitrogens with two attached hydrogens (primary N) is 1. The van der Waals surface area contributed by atoms with Crippen LogP contribution >= 0.6 is 23.2 Å². The van der Waals surface area contributed by atoms with Crippen LogP contribution in [-0.4, -0.2) is 11.9 Å². The van der Waals surface area contributed by atoms with Crippen LogP contribution in [0, 0.1) is 0 Å². The molecule has 0 radical (unpaired) electrons. The van der Waals surface area contributed by atoms with Crippen LogP contribution in [0.25, 0.3) is 0 Å². The first-order valence-corrected chi connectivity index (χ1v) is 6.74. The van der Waals surface area contributed by atoms with Gasteiger partial charge in [0, 0.05) is 15.6 Å². The number of halogens is 2. The van der Waals surface area contributed by atoms with E-state index in [9.17, 15) is 9.59 Å². The fraction of sp³-hybridized carbons (Fsp3) is 0.0667. The molecule has 1 unspecified atom stereocenters. The summed E-state index contributed by atoms with van der Waals surface area (Å²) < 4.78 is 5.16. The van der Waals surface area contributed by atoms with Gasteiger partial charge in [-0.15, -0.1) is 0 Å². The fourth-order valence-electron chi connectivity index (χ4n) is 1.76. The van der Waals surface area contributed by atoms with Crippen LogP contribution < -0.4 is 5.73 Å². The van der Waals surface area contributed by atoms with E-state index in [0.29, 0.717) is 15.6 Å². The first kappa shape index (κ1) is 15.4. The second-order valence-corrected chi connectivity index (χ2v) is 5.13. The molecule has 21 heavy (non-hydrogen) atoms. The molecule has 2 rings (SSSR count). The molecule has 0 bridgehead atoms. The maximum Gasteiger partial charge on any atom is 0.339 e. The maximum atomic E-state index is 12.1. The van der Waals surface area contributed by atoms with Crippen LogP contribution in [0.1, 0.15) is 22.0 Å². The molecule has 0 spiro atoms. The van der Waals surface area contributed by atoms with E-state index in [2.05, 4.69) is 0 Å². The van der Waals surface area contributed by atoms with Crippen molar-refractivity contribution in [1.29, 1.82) is 0 Å². The third-order valence-electron chi connectivity index (χ3n) is 2.68. The summed E-state index contributed by atoms with van der Waals surface area (Å²) in [5.41, 5.74) is 5.93. The lowest BCUT2D eigenvalue weighted by Gasteiger charge is -2.15. The van der Waals surface area contributed by atoms with E-state index in [1.54, 1.807) is 30.3 Å². The molecule has 0 aromatic heterocycles. The number of hydrogen-bond donors (Lipinski definition) is 1. The van der Waals surface area contributed by atoms with Crippen molar-refractivity contribution in [3.05, 3.63) is 69.7 Å². The van der Waals surface area contributed by atoms with Crippen molar-refractivity contribution >= 4 is 35.1 Å². The van der Waals surface area contributed by atoms with Crippen LogP contribution in [0.3, 0.4) is 0 Å². The maximum absolute atomic E-state index is 12.1. The zero-order valence-corrected chi connectivity index (χ0v) is 12.3. The van der Waals surface area contributed by atoms with Gasteiger partial charge in [0.05, 0.1) is 5.56 Å². The highest BCUT2D eigenvalue weighted by molar-refractivity contribution is 6.35. The van der Waals surface area contributed by atoms with E-state index < -0.39 is 18.0 Å². The Morgan fingerprint density at radius 3 is 2.10 bits per heavy atom. The summed E-state index contributed by atoms with van der Waals surface area (Å²) in [4.78, 5) is 23.6. The van der Waals surface area contributed by atoms with Crippen LogP contribution in [0.15, 0.2) is 48.5 Å². The van der Waals surface area contributed by atoms with Gasteiger partial charge in [0.1, 0.15) is 0 Å². The van der Waals surface area contributed by atoms with Gasteiger partial charge >= 0.3 is 5.97 Å². The molecule has 108 valence electrons. The average Bonchev–Trinajstić information content (AvgIpc) is 2.44. The van der Waals surface area contributed by atoms with Crippen molar-refractivity contribution in [2.75, 3.05) is 0 Å². The van der Waals surface area contributed by atoms with Crippen molar-refractivity contribution in [3.63, 3.8) is 0 Å². The van der Waals surface area contributed by atoms with Gasteiger partial charge in [0.2, 0.25) is 6.10 Å². The van der Waals surface area contributed by atoms with Gasteiger partial charge < -0.3 is 10.5 Å². The van der Waals surface area contributed by atoms with Gasteiger partial charge in [0.25, 0.3) is 5.91 Å². The molecule has 2 aromatic carbocycles. The van der Waals surface area contributed by atoms with Gasteiger partial charge in [-0.25, -0.2) is 4.79 Å². The van der Waals surface area contributed by atoms with Crippen molar-refractivity contribution in [2.45, 2.75) is 6.10 Å². The molecule has 0 heterocycles. The number of esters is 1. The molecule has 2 N–H and O–H groups in total. The molecular weight excluding hydrogens is 313 g/mol. The van der Waals surface area contributed by atoms with Crippen molar-refractivity contribution in [2.24, 2.45) is 5.73 Å². The molecule has 0 saturated carbocycles. The number of hydrogen-bond acceptors (Lipinski definition) is 3. The second kappa shape index (κ2) is 6.61. The molecule has 0 aliphatic rings. The number of amides is 1. The van der Waals surface area contributed by atoms with Crippen molar-refractivity contribution in [3.8, 4) is 0 Å². The van der Waals surface area contributed by atoms with Crippen molar-refractivity contribution < 1.29 is 14.3 Å². The highest BCUT2D eigenvalue weighted by Gasteiger charge is 2.23. The summed E-state index contributed by atoms with van der Waals surface area (Å²) in [6.07, 6.45) is -1.17. The Morgan fingerprint density at radius 2 is 1.57 bits per heavy atom. The Morgan fingerprint density at radius 1 is 1.00 bits per heavy atom. The highest BCUT2D eigenvalue weighted by atomic mass is 35.5. The van der Waals surface area contributed by atoms with Gasteiger partial charge in [-0.3, -0.25) is 4.79 Å². The minimum atomic E-state index is -1.17. The summed E-state index contributed by atoms with van der Waals surface area (Å²) in [5.74, 6) is -1.49. The van der Waals surface area contributed by atoms with Gasteiger partial charge in [0.15, 0.2) is 0 Å². The van der Waals surface area contributed by atoms with E-state index in [4.69, 9.17) is 33.7 Å². The number of rotatable bonds is 4. The first-order chi connectivity index (χ1) is 9.97. The largest absolute Gasteiger partial charge is 0.444 e. The number of benzene rings is 2. The smallest absolute Gasteiger partial charge is 0.339 e. The summed E-state index contributed by atoms with van der Waals surface area (Å²) in [6.45, 7) is 0. The molecule has 2 aromatic rings. The lowest BCUT2D eigenvalue weighted by Crippen LogP contribution is -2.26.